The van der Waals surface area contributed by atoms with Crippen molar-refractivity contribution in [1.82, 2.24) is 9.97 Å². The molecule has 1 aromatic heterocycles. The number of hydrogen-bond acceptors (Lipinski definition) is 7. The zero-order chi connectivity index (χ0) is 17.4. The van der Waals surface area contributed by atoms with Crippen LogP contribution in [0.2, 0.25) is 0 Å². The molecule has 1 aliphatic heterocycles. The minimum Gasteiger partial charge on any atom is -0.497 e. The fraction of sp³-hybridized carbons (Fsp3) is 0.118. The van der Waals surface area contributed by atoms with Gasteiger partial charge in [-0.1, -0.05) is 12.1 Å². The van der Waals surface area contributed by atoms with E-state index in [9.17, 15) is 4.79 Å². The molecule has 3 N–H and O–H groups in total. The van der Waals surface area contributed by atoms with Gasteiger partial charge in [0.25, 0.3) is 5.91 Å². The molecule has 2 heterocycles. The van der Waals surface area contributed by atoms with E-state index in [0.717, 1.165) is 0 Å². The number of nitrogens with two attached hydrogens (primary N) is 1. The van der Waals surface area contributed by atoms with Crippen LogP contribution in [0.25, 0.3) is 11.0 Å². The maximum Gasteiger partial charge on any atom is 0.271 e. The Kier molecular flexibility index (Phi) is 3.50. The molecule has 3 aromatic rings. The Hall–Kier alpha value is -3.55. The van der Waals surface area contributed by atoms with E-state index in [2.05, 4.69) is 15.3 Å². The highest BCUT2D eigenvalue weighted by atomic mass is 16.7. The van der Waals surface area contributed by atoms with Crippen LogP contribution in [0.1, 0.15) is 10.5 Å². The summed E-state index contributed by atoms with van der Waals surface area (Å²) in [7, 11) is 1.55. The second-order valence-corrected chi connectivity index (χ2v) is 5.31. The molecule has 4 rings (SSSR count). The first-order valence-corrected chi connectivity index (χ1v) is 7.47. The normalized spacial score (nSPS) is 12.2. The van der Waals surface area contributed by atoms with Gasteiger partial charge in [-0.05, 0) is 12.1 Å². The zero-order valence-corrected chi connectivity index (χ0v) is 13.3. The van der Waals surface area contributed by atoms with Crippen LogP contribution in [0.4, 0.5) is 11.5 Å². The summed E-state index contributed by atoms with van der Waals surface area (Å²) in [5.74, 6) is 1.16. The van der Waals surface area contributed by atoms with Gasteiger partial charge in [-0.3, -0.25) is 4.79 Å². The first-order chi connectivity index (χ1) is 12.2. The van der Waals surface area contributed by atoms with Crippen LogP contribution in [0.15, 0.2) is 36.4 Å². The molecule has 0 radical (unpaired) electrons. The van der Waals surface area contributed by atoms with Gasteiger partial charge in [0.1, 0.15) is 5.75 Å². The standard InChI is InChI=1S/C17H14N4O4/c1-23-9-6-12(15-13(7-9)24-8-25-15)21-17-14(16(18)22)19-10-4-2-3-5-11(10)20-17/h2-7H,8H2,1H3,(H2,18,22)(H,20,21). The summed E-state index contributed by atoms with van der Waals surface area (Å²) in [6.07, 6.45) is 0. The lowest BCUT2D eigenvalue weighted by molar-refractivity contribution is 0.0996. The number of para-hydroxylation sites is 2. The first-order valence-electron chi connectivity index (χ1n) is 7.47. The third-order valence-electron chi connectivity index (χ3n) is 3.74. The van der Waals surface area contributed by atoms with Gasteiger partial charge in [-0.15, -0.1) is 0 Å². The van der Waals surface area contributed by atoms with E-state index in [-0.39, 0.29) is 18.3 Å². The Morgan fingerprint density at radius 1 is 1.20 bits per heavy atom. The third-order valence-corrected chi connectivity index (χ3v) is 3.74. The van der Waals surface area contributed by atoms with Gasteiger partial charge in [0.2, 0.25) is 6.79 Å². The molecular weight excluding hydrogens is 324 g/mol. The monoisotopic (exact) mass is 338 g/mol. The van der Waals surface area contributed by atoms with Crippen molar-refractivity contribution < 1.29 is 19.0 Å². The second kappa shape index (κ2) is 5.82. The van der Waals surface area contributed by atoms with Crippen molar-refractivity contribution in [3.63, 3.8) is 0 Å². The van der Waals surface area contributed by atoms with Crippen LogP contribution in [-0.2, 0) is 0 Å². The zero-order valence-electron chi connectivity index (χ0n) is 13.3. The summed E-state index contributed by atoms with van der Waals surface area (Å²) in [4.78, 5) is 20.6. The van der Waals surface area contributed by atoms with Crippen molar-refractivity contribution in [2.45, 2.75) is 0 Å². The van der Waals surface area contributed by atoms with Gasteiger partial charge in [0.15, 0.2) is 23.0 Å². The molecule has 0 saturated carbocycles. The molecule has 8 nitrogen and oxygen atoms in total. The lowest BCUT2D eigenvalue weighted by Crippen LogP contribution is -2.16. The number of primary amides is 1. The number of rotatable bonds is 4. The van der Waals surface area contributed by atoms with E-state index in [1.807, 2.05) is 12.1 Å². The summed E-state index contributed by atoms with van der Waals surface area (Å²) >= 11 is 0. The van der Waals surface area contributed by atoms with Gasteiger partial charge in [-0.2, -0.15) is 0 Å². The highest BCUT2D eigenvalue weighted by Gasteiger charge is 2.22. The number of benzene rings is 2. The van der Waals surface area contributed by atoms with E-state index in [1.54, 1.807) is 31.4 Å². The first kappa shape index (κ1) is 15.0. The SMILES string of the molecule is COc1cc(Nc2nc3ccccc3nc2C(N)=O)c2c(c1)OCO2. The number of amides is 1. The molecule has 1 amide bonds. The van der Waals surface area contributed by atoms with Gasteiger partial charge < -0.3 is 25.3 Å². The molecule has 0 aliphatic carbocycles. The number of carbonyl (C=O) groups is 1. The topological polar surface area (TPSA) is 109 Å². The maximum atomic E-state index is 11.8. The number of fused-ring (bicyclic) bond motifs is 2. The Labute approximate surface area is 142 Å². The number of nitrogens with one attached hydrogen (secondary N) is 1. The molecule has 126 valence electrons. The van der Waals surface area contributed by atoms with E-state index < -0.39 is 5.91 Å². The molecule has 1 aliphatic rings. The molecule has 0 saturated heterocycles. The minimum atomic E-state index is -0.683. The smallest absolute Gasteiger partial charge is 0.271 e. The molecule has 0 spiro atoms. The average molecular weight is 338 g/mol. The summed E-state index contributed by atoms with van der Waals surface area (Å²) in [6.45, 7) is 0.100. The van der Waals surface area contributed by atoms with Crippen LogP contribution >= 0.6 is 0 Å². The van der Waals surface area contributed by atoms with Crippen molar-refractivity contribution in [3.05, 3.63) is 42.1 Å². The highest BCUT2D eigenvalue weighted by Crippen LogP contribution is 2.43. The van der Waals surface area contributed by atoms with Crippen LogP contribution in [0, 0.1) is 0 Å². The summed E-state index contributed by atoms with van der Waals surface area (Å²) in [5, 5.41) is 3.06. The Morgan fingerprint density at radius 2 is 1.96 bits per heavy atom. The molecule has 0 atom stereocenters. The number of hydrogen-bond donors (Lipinski definition) is 2. The molecule has 2 aromatic carbocycles. The number of methoxy groups -OCH3 is 1. The third kappa shape index (κ3) is 2.63. The quantitative estimate of drug-likeness (QED) is 0.750. The fourth-order valence-electron chi connectivity index (χ4n) is 2.58. The van der Waals surface area contributed by atoms with E-state index >= 15 is 0 Å². The summed E-state index contributed by atoms with van der Waals surface area (Å²) in [6, 6.07) is 10.6. The number of aromatic nitrogens is 2. The molecule has 8 heteroatoms. The second-order valence-electron chi connectivity index (χ2n) is 5.31. The van der Waals surface area contributed by atoms with Gasteiger partial charge in [0, 0.05) is 12.1 Å². The molecule has 0 fully saturated rings. The largest absolute Gasteiger partial charge is 0.497 e. The molecular formula is C17H14N4O4. The van der Waals surface area contributed by atoms with Crippen molar-refractivity contribution in [2.75, 3.05) is 19.2 Å². The van der Waals surface area contributed by atoms with E-state index in [0.29, 0.717) is 34.0 Å². The van der Waals surface area contributed by atoms with E-state index in [1.165, 1.54) is 0 Å². The van der Waals surface area contributed by atoms with Crippen molar-refractivity contribution >= 4 is 28.4 Å². The fourth-order valence-corrected chi connectivity index (χ4v) is 2.58. The van der Waals surface area contributed by atoms with Gasteiger partial charge >= 0.3 is 0 Å². The summed E-state index contributed by atoms with van der Waals surface area (Å²) < 4.78 is 16.1. The number of nitrogens with zero attached hydrogens (tertiary/aromatic N) is 2. The minimum absolute atomic E-state index is 0.0363. The van der Waals surface area contributed by atoms with Crippen LogP contribution < -0.4 is 25.3 Å². The van der Waals surface area contributed by atoms with Crippen LogP contribution in [0.5, 0.6) is 17.2 Å². The van der Waals surface area contributed by atoms with Crippen molar-refractivity contribution in [1.29, 1.82) is 0 Å². The lowest BCUT2D eigenvalue weighted by Gasteiger charge is -2.13. The predicted molar refractivity (Wildman–Crippen MR) is 90.5 cm³/mol. The number of ether oxygens (including phenoxy) is 3. The molecule has 0 unspecified atom stereocenters. The summed E-state index contributed by atoms with van der Waals surface area (Å²) in [5.41, 5.74) is 7.26. The van der Waals surface area contributed by atoms with Gasteiger partial charge in [0.05, 0.1) is 23.8 Å². The number of anilines is 2. The molecule has 25 heavy (non-hydrogen) atoms. The highest BCUT2D eigenvalue weighted by molar-refractivity contribution is 5.98. The lowest BCUT2D eigenvalue weighted by atomic mass is 10.2. The molecule has 0 bridgehead atoms. The van der Waals surface area contributed by atoms with Crippen molar-refractivity contribution in [2.24, 2.45) is 5.73 Å². The van der Waals surface area contributed by atoms with Crippen LogP contribution in [0.3, 0.4) is 0 Å². The maximum absolute atomic E-state index is 11.8. The van der Waals surface area contributed by atoms with Crippen LogP contribution in [-0.4, -0.2) is 29.8 Å². The van der Waals surface area contributed by atoms with Crippen molar-refractivity contribution in [3.8, 4) is 17.2 Å². The predicted octanol–water partition coefficient (Wildman–Crippen LogP) is 2.21. The Morgan fingerprint density at radius 3 is 2.68 bits per heavy atom. The number of carbonyl (C=O) groups excluding carboxylic acids is 1. The average Bonchev–Trinajstić information content (AvgIpc) is 3.09. The Bertz CT molecular complexity index is 990. The van der Waals surface area contributed by atoms with Gasteiger partial charge in [-0.25, -0.2) is 9.97 Å². The Balaban J connectivity index is 1.84. The van der Waals surface area contributed by atoms with E-state index in [4.69, 9.17) is 19.9 Å².